The number of fused-ring (bicyclic) bond motifs is 3. The molecule has 0 fully saturated rings. The van der Waals surface area contributed by atoms with Crippen molar-refractivity contribution in [1.29, 1.82) is 0 Å². The molecule has 0 saturated heterocycles. The highest BCUT2D eigenvalue weighted by Crippen LogP contribution is 2.37. The van der Waals surface area contributed by atoms with Crippen molar-refractivity contribution in [3.8, 4) is 0 Å². The zero-order valence-electron chi connectivity index (χ0n) is 17.2. The van der Waals surface area contributed by atoms with Crippen LogP contribution in [0.5, 0.6) is 0 Å². The standard InChI is InChI=1S/C25H27N3O2/c1-16(17-6-3-2-4-7-17)26-23-9-5-8-20-21-14-18(10-11-22(21)27-24(20)23)19-12-13-28(15-19)25(29)30/h2-4,6-7,10-12,14,16,23,26-27H,5,8-9,13,15H2,1H3,(H,29,30). The number of hydrogen-bond donors (Lipinski definition) is 3. The van der Waals surface area contributed by atoms with Gasteiger partial charge in [0.1, 0.15) is 0 Å². The van der Waals surface area contributed by atoms with Crippen LogP contribution >= 0.6 is 0 Å². The molecular weight excluding hydrogens is 374 g/mol. The van der Waals surface area contributed by atoms with E-state index in [1.54, 1.807) is 0 Å². The zero-order chi connectivity index (χ0) is 20.7. The van der Waals surface area contributed by atoms with Crippen molar-refractivity contribution < 1.29 is 9.90 Å². The fourth-order valence-electron chi connectivity index (χ4n) is 4.88. The average Bonchev–Trinajstić information content (AvgIpc) is 3.40. The highest BCUT2D eigenvalue weighted by molar-refractivity contribution is 5.89. The van der Waals surface area contributed by atoms with E-state index in [9.17, 15) is 9.90 Å². The summed E-state index contributed by atoms with van der Waals surface area (Å²) in [5.74, 6) is 0. The second-order valence-corrected chi connectivity index (χ2v) is 8.41. The number of benzene rings is 2. The second-order valence-electron chi connectivity index (χ2n) is 8.41. The maximum absolute atomic E-state index is 11.2. The highest BCUT2D eigenvalue weighted by Gasteiger charge is 2.26. The van der Waals surface area contributed by atoms with Crippen LogP contribution in [-0.2, 0) is 6.42 Å². The van der Waals surface area contributed by atoms with Gasteiger partial charge < -0.3 is 20.3 Å². The van der Waals surface area contributed by atoms with Crippen molar-refractivity contribution in [3.05, 3.63) is 77.0 Å². The highest BCUT2D eigenvalue weighted by atomic mass is 16.4. The number of nitrogens with zero attached hydrogens (tertiary/aromatic N) is 1. The third-order valence-corrected chi connectivity index (χ3v) is 6.52. The number of aryl methyl sites for hydroxylation is 1. The normalized spacial score (nSPS) is 19.6. The quantitative estimate of drug-likeness (QED) is 0.558. The Labute approximate surface area is 176 Å². The summed E-state index contributed by atoms with van der Waals surface area (Å²) >= 11 is 0. The monoisotopic (exact) mass is 401 g/mol. The van der Waals surface area contributed by atoms with Gasteiger partial charge in [0.15, 0.2) is 0 Å². The van der Waals surface area contributed by atoms with E-state index in [0.29, 0.717) is 19.1 Å². The number of amides is 1. The van der Waals surface area contributed by atoms with Crippen LogP contribution in [0.2, 0.25) is 0 Å². The maximum atomic E-state index is 11.2. The Morgan fingerprint density at radius 2 is 2.07 bits per heavy atom. The van der Waals surface area contributed by atoms with Crippen LogP contribution in [0.15, 0.2) is 54.6 Å². The minimum atomic E-state index is -0.859. The van der Waals surface area contributed by atoms with E-state index in [4.69, 9.17) is 0 Å². The number of hydrogen-bond acceptors (Lipinski definition) is 2. The number of carboxylic acid groups (broad SMARTS) is 1. The lowest BCUT2D eigenvalue weighted by Gasteiger charge is -2.27. The third-order valence-electron chi connectivity index (χ3n) is 6.52. The first-order chi connectivity index (χ1) is 14.6. The van der Waals surface area contributed by atoms with E-state index in [0.717, 1.165) is 24.0 Å². The van der Waals surface area contributed by atoms with Crippen molar-refractivity contribution in [3.63, 3.8) is 0 Å². The topological polar surface area (TPSA) is 68.4 Å². The molecule has 1 aliphatic heterocycles. The van der Waals surface area contributed by atoms with Crippen LogP contribution in [0.1, 0.15) is 54.2 Å². The number of rotatable bonds is 4. The molecule has 2 aliphatic rings. The minimum absolute atomic E-state index is 0.287. The first kappa shape index (κ1) is 18.9. The molecule has 2 heterocycles. The van der Waals surface area contributed by atoms with Crippen molar-refractivity contribution in [1.82, 2.24) is 15.2 Å². The van der Waals surface area contributed by atoms with E-state index >= 15 is 0 Å². The molecule has 2 unspecified atom stereocenters. The molecule has 0 saturated carbocycles. The third kappa shape index (κ3) is 3.39. The first-order valence-corrected chi connectivity index (χ1v) is 10.7. The summed E-state index contributed by atoms with van der Waals surface area (Å²) in [6, 6.07) is 17.7. The van der Waals surface area contributed by atoms with Gasteiger partial charge in [-0.15, -0.1) is 0 Å². The van der Waals surface area contributed by atoms with E-state index in [2.05, 4.69) is 65.8 Å². The van der Waals surface area contributed by atoms with Gasteiger partial charge in [0, 0.05) is 41.8 Å². The summed E-state index contributed by atoms with van der Waals surface area (Å²) in [5.41, 5.74) is 7.41. The summed E-state index contributed by atoms with van der Waals surface area (Å²) in [5, 5.41) is 14.3. The van der Waals surface area contributed by atoms with Crippen LogP contribution in [0.4, 0.5) is 4.79 Å². The molecule has 0 spiro atoms. The molecular formula is C25H27N3O2. The summed E-state index contributed by atoms with van der Waals surface area (Å²) < 4.78 is 0. The molecule has 1 aromatic heterocycles. The van der Waals surface area contributed by atoms with Crippen molar-refractivity contribution >= 4 is 22.6 Å². The molecule has 30 heavy (non-hydrogen) atoms. The summed E-state index contributed by atoms with van der Waals surface area (Å²) in [4.78, 5) is 16.4. The molecule has 5 rings (SSSR count). The van der Waals surface area contributed by atoms with E-state index in [-0.39, 0.29) is 6.04 Å². The van der Waals surface area contributed by atoms with Crippen LogP contribution in [0.25, 0.3) is 16.5 Å². The van der Waals surface area contributed by atoms with Crippen molar-refractivity contribution in [2.45, 2.75) is 38.3 Å². The largest absolute Gasteiger partial charge is 0.465 e. The van der Waals surface area contributed by atoms with Gasteiger partial charge in [-0.05, 0) is 60.6 Å². The van der Waals surface area contributed by atoms with E-state index in [1.807, 2.05) is 6.08 Å². The molecule has 3 N–H and O–H groups in total. The number of nitrogens with one attached hydrogen (secondary N) is 2. The molecule has 0 bridgehead atoms. The number of carbonyl (C=O) groups is 1. The Morgan fingerprint density at radius 3 is 2.83 bits per heavy atom. The summed E-state index contributed by atoms with van der Waals surface area (Å²) in [6.07, 6.45) is 4.54. The van der Waals surface area contributed by atoms with Crippen molar-refractivity contribution in [2.75, 3.05) is 13.1 Å². The molecule has 5 heteroatoms. The predicted molar refractivity (Wildman–Crippen MR) is 120 cm³/mol. The Kier molecular flexibility index (Phi) is 4.83. The number of aromatic nitrogens is 1. The average molecular weight is 402 g/mol. The minimum Gasteiger partial charge on any atom is -0.465 e. The lowest BCUT2D eigenvalue weighted by Crippen LogP contribution is -2.27. The number of aromatic amines is 1. The lowest BCUT2D eigenvalue weighted by molar-refractivity contribution is 0.158. The Bertz CT molecular complexity index is 1120. The Balaban J connectivity index is 1.43. The van der Waals surface area contributed by atoms with Crippen molar-refractivity contribution in [2.24, 2.45) is 0 Å². The van der Waals surface area contributed by atoms with Crippen LogP contribution < -0.4 is 5.32 Å². The zero-order valence-corrected chi connectivity index (χ0v) is 17.2. The Morgan fingerprint density at radius 1 is 1.23 bits per heavy atom. The van der Waals surface area contributed by atoms with Gasteiger partial charge in [-0.2, -0.15) is 0 Å². The molecule has 3 aromatic rings. The lowest BCUT2D eigenvalue weighted by atomic mass is 9.90. The van der Waals surface area contributed by atoms with Gasteiger partial charge >= 0.3 is 6.09 Å². The molecule has 5 nitrogen and oxygen atoms in total. The predicted octanol–water partition coefficient (Wildman–Crippen LogP) is 5.27. The fraction of sp³-hybridized carbons (Fsp3) is 0.320. The number of H-pyrrole nitrogens is 1. The van der Waals surface area contributed by atoms with E-state index < -0.39 is 6.09 Å². The van der Waals surface area contributed by atoms with Gasteiger partial charge in [-0.25, -0.2) is 4.79 Å². The molecule has 2 aromatic carbocycles. The molecule has 1 aliphatic carbocycles. The Hall–Kier alpha value is -3.05. The smallest absolute Gasteiger partial charge is 0.407 e. The SMILES string of the molecule is CC(NC1CCCc2c1[nH]c1ccc(C3=CCN(C(=O)O)C3)cc21)c1ccccc1. The van der Waals surface area contributed by atoms with Crippen LogP contribution in [0, 0.1) is 0 Å². The molecule has 0 radical (unpaired) electrons. The van der Waals surface area contributed by atoms with Crippen LogP contribution in [0.3, 0.4) is 0 Å². The summed E-state index contributed by atoms with van der Waals surface area (Å²) in [7, 11) is 0. The van der Waals surface area contributed by atoms with Gasteiger partial charge in [0.25, 0.3) is 0 Å². The maximum Gasteiger partial charge on any atom is 0.407 e. The molecule has 1 amide bonds. The van der Waals surface area contributed by atoms with Crippen LogP contribution in [-0.4, -0.2) is 34.2 Å². The van der Waals surface area contributed by atoms with E-state index in [1.165, 1.54) is 39.0 Å². The van der Waals surface area contributed by atoms with Gasteiger partial charge in [-0.1, -0.05) is 42.5 Å². The first-order valence-electron chi connectivity index (χ1n) is 10.7. The molecule has 2 atom stereocenters. The molecule has 154 valence electrons. The van der Waals surface area contributed by atoms with Gasteiger partial charge in [0.2, 0.25) is 0 Å². The fourth-order valence-corrected chi connectivity index (χ4v) is 4.88. The summed E-state index contributed by atoms with van der Waals surface area (Å²) in [6.45, 7) is 3.16. The second kappa shape index (κ2) is 7.65. The van der Waals surface area contributed by atoms with Gasteiger partial charge in [-0.3, -0.25) is 0 Å². The van der Waals surface area contributed by atoms with Gasteiger partial charge in [0.05, 0.1) is 0 Å².